The van der Waals surface area contributed by atoms with Crippen LogP contribution in [0.2, 0.25) is 0 Å². The summed E-state index contributed by atoms with van der Waals surface area (Å²) in [5.74, 6) is -0.504. The highest BCUT2D eigenvalue weighted by Gasteiger charge is 2.26. The number of non-ortho nitro benzene ring substituents is 1. The molecular weight excluding hydrogens is 351 g/mol. The lowest BCUT2D eigenvalue weighted by atomic mass is 10.1. The fourth-order valence-corrected chi connectivity index (χ4v) is 3.19. The highest BCUT2D eigenvalue weighted by atomic mass is 19.1. The number of carbonyl (C=O) groups is 1. The Hall–Kier alpha value is -3.16. The number of benzene rings is 2. The van der Waals surface area contributed by atoms with Crippen molar-refractivity contribution in [1.82, 2.24) is 4.90 Å². The van der Waals surface area contributed by atoms with Crippen LogP contribution >= 0.6 is 0 Å². The average molecular weight is 372 g/mol. The second kappa shape index (κ2) is 7.61. The van der Waals surface area contributed by atoms with Crippen LogP contribution in [-0.4, -0.2) is 56.0 Å². The van der Waals surface area contributed by atoms with Gasteiger partial charge in [-0.3, -0.25) is 14.9 Å². The van der Waals surface area contributed by atoms with E-state index in [1.54, 1.807) is 42.1 Å². The second-order valence-electron chi connectivity index (χ2n) is 6.61. The van der Waals surface area contributed by atoms with E-state index >= 15 is 0 Å². The quantitative estimate of drug-likeness (QED) is 0.610. The van der Waals surface area contributed by atoms with Crippen molar-refractivity contribution in [3.05, 3.63) is 64.0 Å². The van der Waals surface area contributed by atoms with Crippen LogP contribution < -0.4 is 9.80 Å². The number of halogens is 1. The first-order chi connectivity index (χ1) is 12.9. The fourth-order valence-electron chi connectivity index (χ4n) is 3.19. The minimum atomic E-state index is -0.497. The van der Waals surface area contributed by atoms with E-state index in [-0.39, 0.29) is 17.4 Å². The van der Waals surface area contributed by atoms with Crippen molar-refractivity contribution >= 4 is 23.0 Å². The molecule has 0 unspecified atom stereocenters. The zero-order valence-electron chi connectivity index (χ0n) is 15.3. The molecule has 142 valence electrons. The highest BCUT2D eigenvalue weighted by Crippen LogP contribution is 2.26. The van der Waals surface area contributed by atoms with Gasteiger partial charge in [0.05, 0.1) is 10.5 Å². The number of nitrogens with zero attached hydrogens (tertiary/aromatic N) is 4. The van der Waals surface area contributed by atoms with Crippen molar-refractivity contribution in [1.29, 1.82) is 0 Å². The van der Waals surface area contributed by atoms with Crippen LogP contribution in [0.1, 0.15) is 10.4 Å². The summed E-state index contributed by atoms with van der Waals surface area (Å²) in [6.07, 6.45) is 0. The molecule has 0 bridgehead atoms. The number of hydrogen-bond donors (Lipinski definition) is 0. The first-order valence-electron chi connectivity index (χ1n) is 8.62. The van der Waals surface area contributed by atoms with Gasteiger partial charge in [-0.25, -0.2) is 4.39 Å². The molecular formula is C19H21FN4O3. The molecule has 8 heteroatoms. The van der Waals surface area contributed by atoms with Crippen molar-refractivity contribution in [3.8, 4) is 0 Å². The van der Waals surface area contributed by atoms with Gasteiger partial charge in [-0.05, 0) is 30.3 Å². The third kappa shape index (κ3) is 3.99. The summed E-state index contributed by atoms with van der Waals surface area (Å²) < 4.78 is 13.1. The Morgan fingerprint density at radius 2 is 1.70 bits per heavy atom. The monoisotopic (exact) mass is 372 g/mol. The molecule has 2 aromatic rings. The molecule has 0 spiro atoms. The van der Waals surface area contributed by atoms with Gasteiger partial charge in [0.15, 0.2) is 0 Å². The predicted octanol–water partition coefficient (Wildman–Crippen LogP) is 2.76. The van der Waals surface area contributed by atoms with Crippen LogP contribution in [0, 0.1) is 15.9 Å². The molecule has 3 rings (SSSR count). The molecule has 1 heterocycles. The maximum atomic E-state index is 13.1. The number of amides is 1. The Kier molecular flexibility index (Phi) is 5.25. The minimum Gasteiger partial charge on any atom is -0.377 e. The van der Waals surface area contributed by atoms with E-state index in [4.69, 9.17) is 0 Å². The standard InChI is InChI=1S/C19H21FN4O3/c1-21(2)18-8-7-16(24(26)27)13-17(18)19(25)23-11-9-22(10-12-23)15-5-3-14(20)4-6-15/h3-8,13H,9-12H2,1-2H3. The molecule has 27 heavy (non-hydrogen) atoms. The zero-order chi connectivity index (χ0) is 19.6. The molecule has 0 saturated carbocycles. The van der Waals surface area contributed by atoms with E-state index in [1.165, 1.54) is 24.3 Å². The number of piperazine rings is 1. The lowest BCUT2D eigenvalue weighted by Gasteiger charge is -2.36. The summed E-state index contributed by atoms with van der Waals surface area (Å²) in [6, 6.07) is 10.6. The molecule has 0 aliphatic carbocycles. The Morgan fingerprint density at radius 1 is 1.07 bits per heavy atom. The third-order valence-electron chi connectivity index (χ3n) is 4.66. The number of anilines is 2. The SMILES string of the molecule is CN(C)c1ccc([N+](=O)[O-])cc1C(=O)N1CCN(c2ccc(F)cc2)CC1. The highest BCUT2D eigenvalue weighted by molar-refractivity contribution is 6.00. The Morgan fingerprint density at radius 3 is 2.26 bits per heavy atom. The van der Waals surface area contributed by atoms with Gasteiger partial charge >= 0.3 is 0 Å². The number of nitro benzene ring substituents is 1. The van der Waals surface area contributed by atoms with Crippen LogP contribution in [-0.2, 0) is 0 Å². The molecule has 0 radical (unpaired) electrons. The van der Waals surface area contributed by atoms with E-state index in [9.17, 15) is 19.3 Å². The molecule has 0 N–H and O–H groups in total. The van der Waals surface area contributed by atoms with Crippen LogP contribution in [0.15, 0.2) is 42.5 Å². The topological polar surface area (TPSA) is 69.9 Å². The van der Waals surface area contributed by atoms with E-state index in [1.807, 2.05) is 0 Å². The summed E-state index contributed by atoms with van der Waals surface area (Å²) in [7, 11) is 3.59. The van der Waals surface area contributed by atoms with Gasteiger partial charge in [-0.1, -0.05) is 0 Å². The lowest BCUT2D eigenvalue weighted by Crippen LogP contribution is -2.49. The summed E-state index contributed by atoms with van der Waals surface area (Å²) in [5, 5.41) is 11.1. The predicted molar refractivity (Wildman–Crippen MR) is 102 cm³/mol. The molecule has 1 aliphatic rings. The van der Waals surface area contributed by atoms with Crippen molar-refractivity contribution in [2.24, 2.45) is 0 Å². The Bertz CT molecular complexity index is 847. The van der Waals surface area contributed by atoms with Crippen LogP contribution in [0.25, 0.3) is 0 Å². The maximum absolute atomic E-state index is 13.1. The molecule has 1 fully saturated rings. The van der Waals surface area contributed by atoms with Gasteiger partial charge in [0.1, 0.15) is 5.82 Å². The summed E-state index contributed by atoms with van der Waals surface area (Å²) in [6.45, 7) is 2.21. The molecule has 0 atom stereocenters. The molecule has 1 aliphatic heterocycles. The Balaban J connectivity index is 1.76. The number of rotatable bonds is 4. The number of hydrogen-bond acceptors (Lipinski definition) is 5. The van der Waals surface area contributed by atoms with Crippen molar-refractivity contribution in [2.75, 3.05) is 50.1 Å². The summed E-state index contributed by atoms with van der Waals surface area (Å²) in [5.41, 5.74) is 1.78. The largest absolute Gasteiger partial charge is 0.377 e. The first kappa shape index (κ1) is 18.6. The van der Waals surface area contributed by atoms with Crippen LogP contribution in [0.4, 0.5) is 21.5 Å². The van der Waals surface area contributed by atoms with E-state index in [0.29, 0.717) is 37.4 Å². The third-order valence-corrected chi connectivity index (χ3v) is 4.66. The van der Waals surface area contributed by atoms with Gasteiger partial charge in [-0.15, -0.1) is 0 Å². The van der Waals surface area contributed by atoms with E-state index < -0.39 is 4.92 Å². The molecule has 2 aromatic carbocycles. The van der Waals surface area contributed by atoms with Crippen molar-refractivity contribution in [3.63, 3.8) is 0 Å². The molecule has 1 amide bonds. The number of carbonyl (C=O) groups excluding carboxylic acids is 1. The molecule has 1 saturated heterocycles. The van der Waals surface area contributed by atoms with E-state index in [0.717, 1.165) is 5.69 Å². The minimum absolute atomic E-state index is 0.103. The molecule has 7 nitrogen and oxygen atoms in total. The lowest BCUT2D eigenvalue weighted by molar-refractivity contribution is -0.384. The Labute approximate surface area is 156 Å². The molecule has 0 aromatic heterocycles. The second-order valence-corrected chi connectivity index (χ2v) is 6.61. The van der Waals surface area contributed by atoms with Crippen molar-refractivity contribution < 1.29 is 14.1 Å². The van der Waals surface area contributed by atoms with Gasteiger partial charge < -0.3 is 14.7 Å². The van der Waals surface area contributed by atoms with Gasteiger partial charge in [0, 0.05) is 63.8 Å². The van der Waals surface area contributed by atoms with Crippen LogP contribution in [0.3, 0.4) is 0 Å². The van der Waals surface area contributed by atoms with E-state index in [2.05, 4.69) is 4.90 Å². The smallest absolute Gasteiger partial charge is 0.270 e. The van der Waals surface area contributed by atoms with Gasteiger partial charge in [0.25, 0.3) is 11.6 Å². The zero-order valence-corrected chi connectivity index (χ0v) is 15.3. The van der Waals surface area contributed by atoms with Crippen molar-refractivity contribution in [2.45, 2.75) is 0 Å². The summed E-state index contributed by atoms with van der Waals surface area (Å²) in [4.78, 5) is 29.1. The average Bonchev–Trinajstić information content (AvgIpc) is 2.67. The first-order valence-corrected chi connectivity index (χ1v) is 8.62. The van der Waals surface area contributed by atoms with Crippen LogP contribution in [0.5, 0.6) is 0 Å². The normalized spacial score (nSPS) is 14.2. The van der Waals surface area contributed by atoms with Gasteiger partial charge in [-0.2, -0.15) is 0 Å². The summed E-state index contributed by atoms with van der Waals surface area (Å²) >= 11 is 0. The maximum Gasteiger partial charge on any atom is 0.270 e. The fraction of sp³-hybridized carbons (Fsp3) is 0.316. The van der Waals surface area contributed by atoms with Gasteiger partial charge in [0.2, 0.25) is 0 Å². The number of nitro groups is 1.